The maximum absolute atomic E-state index is 16.2. The average Bonchev–Trinajstić information content (AvgIpc) is 3.65. The minimum Gasteiger partial charge on any atom is -0.390 e. The van der Waals surface area contributed by atoms with Gasteiger partial charge in [-0.15, -0.1) is 8.58 Å². The predicted molar refractivity (Wildman–Crippen MR) is 150 cm³/mol. The minimum absolute atomic E-state index is 0.143. The number of phosphoric ester groups is 1. The number of fused-ring (bicyclic) bond motifs is 4. The van der Waals surface area contributed by atoms with Crippen LogP contribution in [0, 0.1) is 5.92 Å². The predicted octanol–water partition coefficient (Wildman–Crippen LogP) is -0.201. The van der Waals surface area contributed by atoms with Gasteiger partial charge in [0.1, 0.15) is 36.5 Å². The van der Waals surface area contributed by atoms with Gasteiger partial charge in [0.2, 0.25) is 5.95 Å². The summed E-state index contributed by atoms with van der Waals surface area (Å²) in [6.07, 6.45) is -6.44. The van der Waals surface area contributed by atoms with Crippen LogP contribution in [-0.4, -0.2) is 96.6 Å². The molecule has 4 aromatic rings. The molecule has 0 radical (unpaired) electrons. The van der Waals surface area contributed by atoms with Gasteiger partial charge in [-0.25, -0.2) is 28.9 Å². The van der Waals surface area contributed by atoms with Crippen molar-refractivity contribution in [1.82, 2.24) is 39.0 Å². The standard InChI is InChI=1S/C22H29FN10O8P2/c1-7-14-13(34)9(21(39-14)33-6-28-11-16(24)26-4-27-17(11)33)3-42-8(2)10(23)15(41-43(37,38)40-7)20(36)32-5-29-12-18(32)30-22(25)31-19(12)35/h4-10,13-15,20-21,34,36,42H,3H2,1-2H3,(H,37,38)(H2,24,26,27)(H3,25,30,31,35)/t7-,8?,9+,10+,13-,14+,15+,20+,21+/m0/s1. The van der Waals surface area contributed by atoms with Crippen molar-refractivity contribution in [2.24, 2.45) is 5.92 Å². The number of aromatic nitrogens is 8. The van der Waals surface area contributed by atoms with Crippen LogP contribution in [0.3, 0.4) is 0 Å². The molecule has 43 heavy (non-hydrogen) atoms. The van der Waals surface area contributed by atoms with Gasteiger partial charge in [-0.05, 0) is 13.1 Å². The van der Waals surface area contributed by atoms with Crippen LogP contribution in [0.25, 0.3) is 22.3 Å². The number of nitrogens with two attached hydrogens (primary N) is 2. The third-order valence-electron chi connectivity index (χ3n) is 7.61. The zero-order valence-corrected chi connectivity index (χ0v) is 24.5. The number of rotatable bonds is 3. The number of H-pyrrole nitrogens is 1. The second kappa shape index (κ2) is 11.1. The van der Waals surface area contributed by atoms with Gasteiger partial charge in [0.15, 0.2) is 28.9 Å². The summed E-state index contributed by atoms with van der Waals surface area (Å²) in [5, 5.41) is 22.5. The van der Waals surface area contributed by atoms with E-state index in [2.05, 4.69) is 29.9 Å². The van der Waals surface area contributed by atoms with Crippen LogP contribution in [0.4, 0.5) is 16.2 Å². The molecule has 2 saturated heterocycles. The number of hydrogen-bond acceptors (Lipinski definition) is 14. The first-order valence-corrected chi connectivity index (χ1v) is 15.9. The number of nitrogens with one attached hydrogen (secondary N) is 1. The number of imidazole rings is 2. The molecule has 6 heterocycles. The number of aliphatic hydroxyl groups excluding tert-OH is 2. The Balaban J connectivity index is 1.35. The molecule has 3 unspecified atom stereocenters. The van der Waals surface area contributed by atoms with E-state index < -0.39 is 68.0 Å². The van der Waals surface area contributed by atoms with E-state index in [1.165, 1.54) is 26.5 Å². The number of ether oxygens (including phenoxy) is 1. The van der Waals surface area contributed by atoms with Gasteiger partial charge in [0.05, 0.1) is 24.9 Å². The van der Waals surface area contributed by atoms with E-state index in [1.54, 1.807) is 4.57 Å². The van der Waals surface area contributed by atoms with E-state index in [-0.39, 0.29) is 37.7 Å². The fourth-order valence-corrected chi connectivity index (χ4v) is 8.06. The Morgan fingerprint density at radius 1 is 1.16 bits per heavy atom. The molecule has 2 aliphatic rings. The van der Waals surface area contributed by atoms with Gasteiger partial charge in [0, 0.05) is 11.6 Å². The molecule has 0 spiro atoms. The number of nitrogens with zero attached hydrogens (tertiary/aromatic N) is 7. The molecule has 21 heteroatoms. The molecule has 2 aliphatic heterocycles. The molecule has 8 N–H and O–H groups in total. The first kappa shape index (κ1) is 29.9. The number of halogens is 1. The Morgan fingerprint density at radius 2 is 1.91 bits per heavy atom. The van der Waals surface area contributed by atoms with Crippen LogP contribution in [0.15, 0.2) is 23.8 Å². The summed E-state index contributed by atoms with van der Waals surface area (Å²) < 4.78 is 48.7. The third kappa shape index (κ3) is 5.29. The molecule has 0 aliphatic carbocycles. The van der Waals surface area contributed by atoms with E-state index in [0.717, 1.165) is 10.9 Å². The van der Waals surface area contributed by atoms with Crippen LogP contribution < -0.4 is 17.0 Å². The monoisotopic (exact) mass is 642 g/mol. The summed E-state index contributed by atoms with van der Waals surface area (Å²) in [5.41, 5.74) is 10.3. The lowest BCUT2D eigenvalue weighted by molar-refractivity contribution is -0.0928. The molecule has 6 rings (SSSR count). The van der Waals surface area contributed by atoms with Gasteiger partial charge < -0.3 is 31.3 Å². The Morgan fingerprint density at radius 3 is 2.67 bits per heavy atom. The smallest absolute Gasteiger partial charge is 0.390 e. The molecule has 2 fully saturated rings. The maximum atomic E-state index is 16.2. The van der Waals surface area contributed by atoms with Crippen LogP contribution in [0.1, 0.15) is 26.3 Å². The van der Waals surface area contributed by atoms with Crippen LogP contribution in [-0.2, 0) is 18.3 Å². The number of nitrogen functional groups attached to an aromatic ring is 2. The quantitative estimate of drug-likeness (QED) is 0.158. The van der Waals surface area contributed by atoms with Crippen molar-refractivity contribution in [3.05, 3.63) is 29.3 Å². The average molecular weight is 642 g/mol. The maximum Gasteiger partial charge on any atom is 0.473 e. The largest absolute Gasteiger partial charge is 0.473 e. The Labute approximate surface area is 243 Å². The highest BCUT2D eigenvalue weighted by atomic mass is 31.2. The van der Waals surface area contributed by atoms with E-state index in [0.29, 0.717) is 11.2 Å². The zero-order chi connectivity index (χ0) is 30.8. The Bertz CT molecular complexity index is 1770. The normalized spacial score (nSPS) is 35.2. The number of aliphatic hydroxyl groups is 2. The molecule has 2 bridgehead atoms. The molecule has 0 amide bonds. The number of anilines is 2. The fourth-order valence-electron chi connectivity index (χ4n) is 5.43. The van der Waals surface area contributed by atoms with Crippen molar-refractivity contribution in [3.8, 4) is 0 Å². The SMILES string of the molecule is CC1PC[C@@H]2[C@H](O)[C@H](O[C@H]2n2cnc3c(N)ncnc32)[C@H](C)OP(=O)(O)O[C@@H]([C@@H](O)n2cnc3c(=O)[nH]c(N)nc32)[C@@H]1F. The highest BCUT2D eigenvalue weighted by Crippen LogP contribution is 2.52. The van der Waals surface area contributed by atoms with Crippen molar-refractivity contribution in [2.45, 2.75) is 62.5 Å². The molecule has 0 saturated carbocycles. The number of phosphoric acid groups is 1. The molecule has 11 atom stereocenters. The van der Waals surface area contributed by atoms with Gasteiger partial charge in [-0.3, -0.25) is 28.0 Å². The van der Waals surface area contributed by atoms with Gasteiger partial charge in [-0.1, -0.05) is 6.92 Å². The molecular weight excluding hydrogens is 613 g/mol. The van der Waals surface area contributed by atoms with Crippen molar-refractivity contribution >= 4 is 50.5 Å². The van der Waals surface area contributed by atoms with Gasteiger partial charge in [0.25, 0.3) is 5.56 Å². The highest BCUT2D eigenvalue weighted by molar-refractivity contribution is 7.47. The third-order valence-corrected chi connectivity index (χ3v) is 10.4. The highest BCUT2D eigenvalue weighted by Gasteiger charge is 2.51. The first-order valence-electron chi connectivity index (χ1n) is 13.1. The second-order valence-corrected chi connectivity index (χ2v) is 13.5. The van der Waals surface area contributed by atoms with E-state index in [9.17, 15) is 24.5 Å². The number of alkyl halides is 1. The van der Waals surface area contributed by atoms with Crippen molar-refractivity contribution in [3.63, 3.8) is 0 Å². The summed E-state index contributed by atoms with van der Waals surface area (Å²) >= 11 is 0. The van der Waals surface area contributed by atoms with Crippen LogP contribution in [0.2, 0.25) is 0 Å². The van der Waals surface area contributed by atoms with Crippen molar-refractivity contribution in [2.75, 3.05) is 17.6 Å². The molecule has 4 aromatic heterocycles. The molecule has 232 valence electrons. The van der Waals surface area contributed by atoms with Gasteiger partial charge in [-0.2, -0.15) is 4.98 Å². The molecule has 18 nitrogen and oxygen atoms in total. The van der Waals surface area contributed by atoms with Crippen molar-refractivity contribution < 1.29 is 37.8 Å². The fraction of sp³-hybridized carbons (Fsp3) is 0.545. The van der Waals surface area contributed by atoms with Crippen LogP contribution >= 0.6 is 16.4 Å². The Hall–Kier alpha value is -3.15. The summed E-state index contributed by atoms with van der Waals surface area (Å²) in [6.45, 7) is 2.93. The van der Waals surface area contributed by atoms with E-state index >= 15 is 4.39 Å². The van der Waals surface area contributed by atoms with Crippen molar-refractivity contribution in [1.29, 1.82) is 0 Å². The minimum atomic E-state index is -5.12. The number of aromatic amines is 1. The lowest BCUT2D eigenvalue weighted by Gasteiger charge is -2.33. The second-order valence-electron chi connectivity index (χ2n) is 10.4. The van der Waals surface area contributed by atoms with E-state index in [4.69, 9.17) is 25.3 Å². The summed E-state index contributed by atoms with van der Waals surface area (Å²) in [6, 6.07) is 0. The lowest BCUT2D eigenvalue weighted by atomic mass is 9.99. The zero-order valence-electron chi connectivity index (χ0n) is 22.6. The lowest BCUT2D eigenvalue weighted by Crippen LogP contribution is -2.41. The summed E-state index contributed by atoms with van der Waals surface area (Å²) in [4.78, 5) is 45.5. The van der Waals surface area contributed by atoms with E-state index in [1.807, 2.05) is 0 Å². The molecular formula is C22H29FN10O8P2. The topological polar surface area (TPSA) is 265 Å². The van der Waals surface area contributed by atoms with Gasteiger partial charge >= 0.3 is 7.82 Å². The summed E-state index contributed by atoms with van der Waals surface area (Å²) in [7, 11) is -5.31. The summed E-state index contributed by atoms with van der Waals surface area (Å²) in [5.74, 6) is -0.785. The van der Waals surface area contributed by atoms with Crippen LogP contribution in [0.5, 0.6) is 0 Å². The first-order chi connectivity index (χ1) is 20.4. The molecule has 0 aromatic carbocycles. The Kier molecular flexibility index (Phi) is 7.71. The number of hydrogen-bond donors (Lipinski definition) is 6.